The van der Waals surface area contributed by atoms with Crippen LogP contribution in [-0.2, 0) is 14.1 Å². The van der Waals surface area contributed by atoms with Crippen molar-refractivity contribution in [2.75, 3.05) is 6.61 Å². The molecule has 6 rings (SSSR count). The second-order valence-electron chi connectivity index (χ2n) is 11.8. The second kappa shape index (κ2) is 12.6. The normalized spacial score (nSPS) is 12.7. The number of pyridine rings is 4. The first-order chi connectivity index (χ1) is 21.4. The maximum absolute atomic E-state index is 12.6. The first-order valence-corrected chi connectivity index (χ1v) is 14.8. The number of hydrogen-bond acceptors (Lipinski definition) is 6. The molecule has 232 valence electrons. The molecule has 6 aromatic rings. The molecule has 2 aromatic carbocycles. The topological polar surface area (TPSA) is 128 Å². The highest BCUT2D eigenvalue weighted by Crippen LogP contribution is 2.27. The summed E-state index contributed by atoms with van der Waals surface area (Å²) in [6.45, 7) is 6.09. The van der Waals surface area contributed by atoms with Crippen molar-refractivity contribution in [3.63, 3.8) is 0 Å². The summed E-state index contributed by atoms with van der Waals surface area (Å²) >= 11 is 5.97. The third-order valence-electron chi connectivity index (χ3n) is 7.77. The molecule has 0 bridgehead atoms. The van der Waals surface area contributed by atoms with Gasteiger partial charge in [-0.05, 0) is 66.4 Å². The minimum Gasteiger partial charge on any atom is -0.491 e. The molecule has 1 atom stereocenters. The van der Waals surface area contributed by atoms with E-state index < -0.39 is 11.6 Å². The fourth-order valence-electron chi connectivity index (χ4n) is 5.84. The number of carbonyl (C=O) groups is 1. The zero-order chi connectivity index (χ0) is 32.5. The molecule has 0 spiro atoms. The number of aryl methyl sites for hydroxylation is 2. The maximum atomic E-state index is 12.6. The Kier molecular flexibility index (Phi) is 8.79. The van der Waals surface area contributed by atoms with E-state index in [4.69, 9.17) is 21.4 Å². The lowest BCUT2D eigenvalue weighted by molar-refractivity contribution is 0.143. The standard InChI is InChI=1S/C21H25N3O4.C13H9ClN2O/c1-13(2)10-21(3,23-20(26)27)12-28-14-5-6-16-15-7-8-22-11-17(15)19(25)24(4)18(16)9-14;1-16-12-6-8(14)2-3-10(12)9-4-5-15-7-11(9)13(16)17/h5-9,11,13,23H,10,12H2,1-4H3,(H,26,27);2-7H,1H3. The Bertz CT molecular complexity index is 2190. The molecule has 1 amide bonds. The SMILES string of the molecule is CC(C)CC(C)(COc1ccc2c3ccncc3c(=O)n(C)c2c1)NC(=O)O.Cn1c(=O)c2cnccc2c2ccc(Cl)cc21. The van der Waals surface area contributed by atoms with Gasteiger partial charge in [0.2, 0.25) is 0 Å². The number of nitrogens with zero attached hydrogens (tertiary/aromatic N) is 4. The van der Waals surface area contributed by atoms with Crippen molar-refractivity contribution in [1.82, 2.24) is 24.4 Å². The van der Waals surface area contributed by atoms with Crippen LogP contribution in [-0.4, -0.2) is 42.4 Å². The summed E-state index contributed by atoms with van der Waals surface area (Å²) in [5.41, 5.74) is 0.697. The number of ether oxygens (including phenoxy) is 1. The average Bonchev–Trinajstić information content (AvgIpc) is 3.01. The van der Waals surface area contributed by atoms with Crippen LogP contribution in [0, 0.1) is 5.92 Å². The van der Waals surface area contributed by atoms with Gasteiger partial charge < -0.3 is 24.3 Å². The summed E-state index contributed by atoms with van der Waals surface area (Å²) in [4.78, 5) is 44.0. The van der Waals surface area contributed by atoms with Crippen LogP contribution in [0.15, 0.2) is 82.9 Å². The second-order valence-corrected chi connectivity index (χ2v) is 12.2. The fraction of sp³-hybridized carbons (Fsp3) is 0.265. The summed E-state index contributed by atoms with van der Waals surface area (Å²) in [5, 5.41) is 17.2. The van der Waals surface area contributed by atoms with Crippen LogP contribution in [0.25, 0.3) is 43.4 Å². The Morgan fingerprint density at radius 3 is 1.93 bits per heavy atom. The Morgan fingerprint density at radius 2 is 1.40 bits per heavy atom. The summed E-state index contributed by atoms with van der Waals surface area (Å²) in [6.07, 6.45) is 6.11. The largest absolute Gasteiger partial charge is 0.491 e. The zero-order valence-electron chi connectivity index (χ0n) is 25.7. The van der Waals surface area contributed by atoms with Crippen molar-refractivity contribution in [2.45, 2.75) is 32.7 Å². The third kappa shape index (κ3) is 6.46. The molecule has 1 unspecified atom stereocenters. The van der Waals surface area contributed by atoms with E-state index in [0.29, 0.717) is 33.9 Å². The van der Waals surface area contributed by atoms with Crippen LogP contribution in [0.4, 0.5) is 4.79 Å². The summed E-state index contributed by atoms with van der Waals surface area (Å²) in [6, 6.07) is 14.8. The summed E-state index contributed by atoms with van der Waals surface area (Å²) < 4.78 is 9.12. The van der Waals surface area contributed by atoms with Crippen LogP contribution in [0.5, 0.6) is 5.75 Å². The van der Waals surface area contributed by atoms with Crippen LogP contribution < -0.4 is 21.2 Å². The van der Waals surface area contributed by atoms with Gasteiger partial charge in [-0.2, -0.15) is 0 Å². The van der Waals surface area contributed by atoms with Gasteiger partial charge in [0.1, 0.15) is 12.4 Å². The molecule has 10 nitrogen and oxygen atoms in total. The van der Waals surface area contributed by atoms with Crippen molar-refractivity contribution in [3.8, 4) is 5.75 Å². The molecule has 0 radical (unpaired) electrons. The molecule has 0 aliphatic heterocycles. The first-order valence-electron chi connectivity index (χ1n) is 14.4. The molecule has 0 saturated heterocycles. The van der Waals surface area contributed by atoms with Gasteiger partial charge in [0.05, 0.1) is 27.3 Å². The van der Waals surface area contributed by atoms with E-state index in [0.717, 1.165) is 32.6 Å². The number of benzene rings is 2. The Balaban J connectivity index is 0.000000200. The van der Waals surface area contributed by atoms with Gasteiger partial charge in [0.25, 0.3) is 11.1 Å². The van der Waals surface area contributed by atoms with Crippen LogP contribution in [0.3, 0.4) is 0 Å². The van der Waals surface area contributed by atoms with Crippen molar-refractivity contribution in [3.05, 3.63) is 99.0 Å². The minimum absolute atomic E-state index is 0.0529. The molecule has 4 heterocycles. The van der Waals surface area contributed by atoms with Crippen molar-refractivity contribution in [2.24, 2.45) is 20.0 Å². The average molecular weight is 628 g/mol. The van der Waals surface area contributed by atoms with Crippen LogP contribution in [0.2, 0.25) is 5.02 Å². The van der Waals surface area contributed by atoms with Crippen LogP contribution in [0.1, 0.15) is 27.2 Å². The van der Waals surface area contributed by atoms with Crippen LogP contribution >= 0.6 is 11.6 Å². The number of aromatic nitrogens is 4. The molecule has 0 aliphatic rings. The maximum Gasteiger partial charge on any atom is 0.405 e. The lowest BCUT2D eigenvalue weighted by Gasteiger charge is -2.31. The van der Waals surface area contributed by atoms with Crippen molar-refractivity contribution in [1.29, 1.82) is 0 Å². The predicted octanol–water partition coefficient (Wildman–Crippen LogP) is 6.28. The molecule has 45 heavy (non-hydrogen) atoms. The van der Waals surface area contributed by atoms with Gasteiger partial charge in [-0.25, -0.2) is 4.79 Å². The van der Waals surface area contributed by atoms with E-state index in [1.807, 2.05) is 63.2 Å². The highest BCUT2D eigenvalue weighted by atomic mass is 35.5. The fourth-order valence-corrected chi connectivity index (χ4v) is 6.01. The molecule has 0 saturated carbocycles. The highest BCUT2D eigenvalue weighted by Gasteiger charge is 2.28. The van der Waals surface area contributed by atoms with Crippen molar-refractivity contribution < 1.29 is 14.6 Å². The zero-order valence-corrected chi connectivity index (χ0v) is 26.4. The number of fused-ring (bicyclic) bond motifs is 6. The van der Waals surface area contributed by atoms with E-state index in [-0.39, 0.29) is 17.7 Å². The number of carboxylic acid groups (broad SMARTS) is 1. The van der Waals surface area contributed by atoms with E-state index >= 15 is 0 Å². The van der Waals surface area contributed by atoms with Crippen molar-refractivity contribution >= 4 is 61.0 Å². The third-order valence-corrected chi connectivity index (χ3v) is 8.00. The van der Waals surface area contributed by atoms with E-state index in [1.54, 1.807) is 54.1 Å². The quantitative estimate of drug-likeness (QED) is 0.208. The molecule has 11 heteroatoms. The number of hydrogen-bond donors (Lipinski definition) is 2. The summed E-state index contributed by atoms with van der Waals surface area (Å²) in [5.74, 6) is 0.885. The van der Waals surface area contributed by atoms with Gasteiger partial charge in [0, 0.05) is 60.7 Å². The van der Waals surface area contributed by atoms with Gasteiger partial charge in [-0.15, -0.1) is 0 Å². The number of amides is 1. The molecule has 2 N–H and O–H groups in total. The number of halogens is 1. The van der Waals surface area contributed by atoms with Gasteiger partial charge in [-0.3, -0.25) is 19.6 Å². The molecule has 0 fully saturated rings. The molecular formula is C34H34ClN5O5. The number of rotatable bonds is 6. The smallest absolute Gasteiger partial charge is 0.405 e. The Hall–Kier alpha value is -4.96. The van der Waals surface area contributed by atoms with Gasteiger partial charge in [-0.1, -0.05) is 31.5 Å². The minimum atomic E-state index is -1.08. The molecular weight excluding hydrogens is 594 g/mol. The molecule has 0 aliphatic carbocycles. The lowest BCUT2D eigenvalue weighted by Crippen LogP contribution is -2.50. The monoisotopic (exact) mass is 627 g/mol. The lowest BCUT2D eigenvalue weighted by atomic mass is 9.91. The van der Waals surface area contributed by atoms with Gasteiger partial charge in [0.15, 0.2) is 0 Å². The molecule has 4 aromatic heterocycles. The highest BCUT2D eigenvalue weighted by molar-refractivity contribution is 6.31. The summed E-state index contributed by atoms with van der Waals surface area (Å²) in [7, 11) is 3.46. The Labute approximate surface area is 263 Å². The number of nitrogens with one attached hydrogen (secondary N) is 1. The predicted molar refractivity (Wildman–Crippen MR) is 179 cm³/mol. The first kappa shape index (κ1) is 31.5. The Morgan fingerprint density at radius 1 is 0.867 bits per heavy atom. The van der Waals surface area contributed by atoms with Gasteiger partial charge >= 0.3 is 6.09 Å². The van der Waals surface area contributed by atoms with E-state index in [2.05, 4.69) is 15.3 Å². The van der Waals surface area contributed by atoms with E-state index in [9.17, 15) is 14.4 Å². The van der Waals surface area contributed by atoms with E-state index in [1.165, 1.54) is 0 Å².